The van der Waals surface area contributed by atoms with Gasteiger partial charge < -0.3 is 4.74 Å². The number of benzene rings is 1. The fourth-order valence-electron chi connectivity index (χ4n) is 1.29. The van der Waals surface area contributed by atoms with Gasteiger partial charge in [0, 0.05) is 22.8 Å². The van der Waals surface area contributed by atoms with Crippen LogP contribution in [0, 0.1) is 15.9 Å². The summed E-state index contributed by atoms with van der Waals surface area (Å²) < 4.78 is 19.3. The van der Waals surface area contributed by atoms with Crippen molar-refractivity contribution in [2.45, 2.75) is 0 Å². The lowest BCUT2D eigenvalue weighted by Crippen LogP contribution is -1.96. The summed E-state index contributed by atoms with van der Waals surface area (Å²) in [5, 5.41) is 10.9. The summed E-state index contributed by atoms with van der Waals surface area (Å²) >= 11 is 6.25. The zero-order valence-corrected chi connectivity index (χ0v) is 12.3. The fourth-order valence-corrected chi connectivity index (χ4v) is 1.93. The van der Waals surface area contributed by atoms with Gasteiger partial charge >= 0.3 is 5.69 Å². The molecule has 1 aromatic heterocycles. The highest BCUT2D eigenvalue weighted by Gasteiger charge is 2.19. The van der Waals surface area contributed by atoms with Gasteiger partial charge in [0.15, 0.2) is 0 Å². The molecule has 2 aromatic rings. The fraction of sp³-hybridized carbons (Fsp3) is 0. The Balaban J connectivity index is 2.43. The molecule has 2 rings (SSSR count). The van der Waals surface area contributed by atoms with Crippen molar-refractivity contribution in [3.63, 3.8) is 0 Å². The molecular formula is C11H5Br2FN2O3. The first-order valence-electron chi connectivity index (χ1n) is 4.90. The number of nitrogens with zero attached hydrogens (tertiary/aromatic N) is 2. The first-order valence-corrected chi connectivity index (χ1v) is 6.49. The molecule has 0 unspecified atom stereocenters. The summed E-state index contributed by atoms with van der Waals surface area (Å²) in [4.78, 5) is 14.1. The molecule has 0 radical (unpaired) electrons. The molecule has 0 saturated heterocycles. The highest BCUT2D eigenvalue weighted by atomic mass is 79.9. The third-order valence-corrected chi connectivity index (χ3v) is 3.18. The van der Waals surface area contributed by atoms with Crippen molar-refractivity contribution in [2.75, 3.05) is 0 Å². The monoisotopic (exact) mass is 390 g/mol. The Morgan fingerprint density at radius 2 is 2.05 bits per heavy atom. The topological polar surface area (TPSA) is 65.3 Å². The molecule has 19 heavy (non-hydrogen) atoms. The Bertz CT molecular complexity index is 652. The molecule has 0 N–H and O–H groups in total. The highest BCUT2D eigenvalue weighted by Crippen LogP contribution is 2.34. The molecule has 8 heteroatoms. The van der Waals surface area contributed by atoms with Crippen LogP contribution in [-0.4, -0.2) is 9.91 Å². The molecule has 1 heterocycles. The maximum Gasteiger partial charge on any atom is 0.332 e. The smallest absolute Gasteiger partial charge is 0.332 e. The molecule has 0 atom stereocenters. The van der Waals surface area contributed by atoms with Gasteiger partial charge in [-0.25, -0.2) is 9.37 Å². The second-order valence-electron chi connectivity index (χ2n) is 3.41. The highest BCUT2D eigenvalue weighted by molar-refractivity contribution is 9.10. The Labute approximate surface area is 123 Å². The number of halogens is 3. The van der Waals surface area contributed by atoms with Crippen molar-refractivity contribution in [3.8, 4) is 11.6 Å². The number of rotatable bonds is 3. The zero-order chi connectivity index (χ0) is 14.0. The van der Waals surface area contributed by atoms with Crippen LogP contribution in [0.1, 0.15) is 0 Å². The van der Waals surface area contributed by atoms with E-state index >= 15 is 0 Å². The summed E-state index contributed by atoms with van der Waals surface area (Å²) in [5.41, 5.74) is -0.314. The Hall–Kier alpha value is -1.54. The van der Waals surface area contributed by atoms with Crippen LogP contribution in [0.5, 0.6) is 11.6 Å². The van der Waals surface area contributed by atoms with E-state index in [4.69, 9.17) is 4.74 Å². The van der Waals surface area contributed by atoms with Gasteiger partial charge in [-0.1, -0.05) is 0 Å². The van der Waals surface area contributed by atoms with Crippen molar-refractivity contribution < 1.29 is 14.1 Å². The van der Waals surface area contributed by atoms with Gasteiger partial charge in [-0.05, 0) is 44.0 Å². The van der Waals surface area contributed by atoms with Crippen molar-refractivity contribution in [3.05, 3.63) is 55.3 Å². The molecule has 0 fully saturated rings. The second-order valence-corrected chi connectivity index (χ2v) is 5.18. The van der Waals surface area contributed by atoms with E-state index < -0.39 is 10.7 Å². The number of nitro groups is 1. The zero-order valence-electron chi connectivity index (χ0n) is 9.14. The first-order chi connectivity index (χ1) is 8.97. The van der Waals surface area contributed by atoms with Gasteiger partial charge in [0.05, 0.1) is 9.40 Å². The molecule has 1 aromatic carbocycles. The lowest BCUT2D eigenvalue weighted by Gasteiger charge is -2.07. The molecule has 0 bridgehead atoms. The second kappa shape index (κ2) is 5.62. The molecule has 98 valence electrons. The maximum atomic E-state index is 13.1. The third-order valence-electron chi connectivity index (χ3n) is 2.10. The standard InChI is InChI=1S/C11H5Br2FN2O3/c12-6-3-9(16(17)18)11(15-5-6)19-10-4-7(14)1-2-8(10)13/h1-5H. The normalized spacial score (nSPS) is 10.3. The van der Waals surface area contributed by atoms with Crippen molar-refractivity contribution in [2.24, 2.45) is 0 Å². The van der Waals surface area contributed by atoms with Crippen LogP contribution in [0.25, 0.3) is 0 Å². The summed E-state index contributed by atoms with van der Waals surface area (Å²) in [6.07, 6.45) is 1.36. The summed E-state index contributed by atoms with van der Waals surface area (Å²) in [5.74, 6) is -0.615. The van der Waals surface area contributed by atoms with E-state index in [1.165, 1.54) is 24.4 Å². The predicted octanol–water partition coefficient (Wildman–Crippen LogP) is 4.45. The molecule has 0 amide bonds. The molecular weight excluding hydrogens is 387 g/mol. The van der Waals surface area contributed by atoms with E-state index in [9.17, 15) is 14.5 Å². The van der Waals surface area contributed by atoms with E-state index in [-0.39, 0.29) is 17.3 Å². The van der Waals surface area contributed by atoms with Crippen LogP contribution in [0.2, 0.25) is 0 Å². The molecule has 0 saturated carbocycles. The van der Waals surface area contributed by atoms with Gasteiger partial charge in [-0.2, -0.15) is 0 Å². The van der Waals surface area contributed by atoms with Crippen LogP contribution >= 0.6 is 31.9 Å². The van der Waals surface area contributed by atoms with E-state index in [1.807, 2.05) is 0 Å². The Kier molecular flexibility index (Phi) is 4.11. The summed E-state index contributed by atoms with van der Waals surface area (Å²) in [6.45, 7) is 0. The largest absolute Gasteiger partial charge is 0.432 e. The molecule has 0 aliphatic carbocycles. The van der Waals surface area contributed by atoms with Crippen LogP contribution in [0.15, 0.2) is 39.4 Å². The van der Waals surface area contributed by atoms with Gasteiger partial charge in [0.25, 0.3) is 5.88 Å². The van der Waals surface area contributed by atoms with Crippen molar-refractivity contribution in [1.82, 2.24) is 4.98 Å². The van der Waals surface area contributed by atoms with Crippen molar-refractivity contribution in [1.29, 1.82) is 0 Å². The number of hydrogen-bond acceptors (Lipinski definition) is 4. The van der Waals surface area contributed by atoms with Gasteiger partial charge in [0.1, 0.15) is 11.6 Å². The van der Waals surface area contributed by atoms with E-state index in [2.05, 4.69) is 36.8 Å². The van der Waals surface area contributed by atoms with Gasteiger partial charge in [-0.3, -0.25) is 10.1 Å². The SMILES string of the molecule is O=[N+]([O-])c1cc(Br)cnc1Oc1cc(F)ccc1Br. The predicted molar refractivity (Wildman–Crippen MR) is 72.8 cm³/mol. The maximum absolute atomic E-state index is 13.1. The minimum atomic E-state index is -0.625. The van der Waals surface area contributed by atoms with Gasteiger partial charge in [0.2, 0.25) is 0 Å². The number of hydrogen-bond donors (Lipinski definition) is 0. The molecule has 5 nitrogen and oxygen atoms in total. The molecule has 0 aliphatic rings. The third kappa shape index (κ3) is 3.27. The van der Waals surface area contributed by atoms with E-state index in [0.29, 0.717) is 8.95 Å². The van der Waals surface area contributed by atoms with Crippen LogP contribution in [0.3, 0.4) is 0 Å². The minimum Gasteiger partial charge on any atom is -0.432 e. The Morgan fingerprint density at radius 3 is 2.74 bits per heavy atom. The number of ether oxygens (including phenoxy) is 1. The summed E-state index contributed by atoms with van der Waals surface area (Å²) in [6, 6.07) is 5.04. The van der Waals surface area contributed by atoms with E-state index in [1.54, 1.807) is 0 Å². The summed E-state index contributed by atoms with van der Waals surface area (Å²) in [7, 11) is 0. The molecule has 0 aliphatic heterocycles. The first kappa shape index (κ1) is 13.9. The van der Waals surface area contributed by atoms with Crippen LogP contribution in [-0.2, 0) is 0 Å². The Morgan fingerprint density at radius 1 is 1.32 bits per heavy atom. The average Bonchev–Trinajstić information content (AvgIpc) is 2.35. The lowest BCUT2D eigenvalue weighted by atomic mass is 10.3. The average molecular weight is 392 g/mol. The number of pyridine rings is 1. The van der Waals surface area contributed by atoms with E-state index in [0.717, 1.165) is 6.07 Å². The number of aromatic nitrogens is 1. The van der Waals surface area contributed by atoms with Gasteiger partial charge in [-0.15, -0.1) is 0 Å². The van der Waals surface area contributed by atoms with Crippen molar-refractivity contribution >= 4 is 37.5 Å². The lowest BCUT2D eigenvalue weighted by molar-refractivity contribution is -0.386. The minimum absolute atomic E-state index is 0.109. The molecule has 0 spiro atoms. The van der Waals surface area contributed by atoms with Crippen LogP contribution < -0.4 is 4.74 Å². The quantitative estimate of drug-likeness (QED) is 0.572. The van der Waals surface area contributed by atoms with Crippen LogP contribution in [0.4, 0.5) is 10.1 Å².